The zero-order valence-corrected chi connectivity index (χ0v) is 13.1. The van der Waals surface area contributed by atoms with Crippen molar-refractivity contribution in [2.75, 3.05) is 6.54 Å². The molecule has 21 heavy (non-hydrogen) atoms. The minimum Gasteiger partial charge on any atom is -0.313 e. The Labute approximate surface area is 127 Å². The predicted molar refractivity (Wildman–Crippen MR) is 85.5 cm³/mol. The molecule has 1 aliphatic rings. The van der Waals surface area contributed by atoms with Crippen LogP contribution in [0.2, 0.25) is 0 Å². The van der Waals surface area contributed by atoms with Crippen LogP contribution in [0.4, 0.5) is 5.69 Å². The van der Waals surface area contributed by atoms with Gasteiger partial charge in [-0.15, -0.1) is 0 Å². The highest BCUT2D eigenvalue weighted by molar-refractivity contribution is 5.40. The van der Waals surface area contributed by atoms with Crippen LogP contribution in [0, 0.1) is 15.5 Å². The maximum absolute atomic E-state index is 11.2. The lowest BCUT2D eigenvalue weighted by molar-refractivity contribution is -0.385. The molecule has 0 amide bonds. The number of hydrogen-bond donors (Lipinski definition) is 1. The van der Waals surface area contributed by atoms with Crippen LogP contribution in [0.15, 0.2) is 24.3 Å². The van der Waals surface area contributed by atoms with Gasteiger partial charge in [-0.25, -0.2) is 0 Å². The first-order chi connectivity index (χ1) is 10.1. The van der Waals surface area contributed by atoms with E-state index in [4.69, 9.17) is 0 Å². The van der Waals surface area contributed by atoms with Crippen LogP contribution in [0.3, 0.4) is 0 Å². The van der Waals surface area contributed by atoms with Gasteiger partial charge in [0, 0.05) is 17.7 Å². The molecule has 1 N–H and O–H groups in total. The summed E-state index contributed by atoms with van der Waals surface area (Å²) in [6.07, 6.45) is 6.82. The van der Waals surface area contributed by atoms with Gasteiger partial charge in [0.2, 0.25) is 0 Å². The first-order valence-corrected chi connectivity index (χ1v) is 8.02. The summed E-state index contributed by atoms with van der Waals surface area (Å²) in [5.41, 5.74) is 1.37. The number of nitrogens with zero attached hydrogens (tertiary/aromatic N) is 1. The van der Waals surface area contributed by atoms with Gasteiger partial charge in [0.05, 0.1) is 4.92 Å². The van der Waals surface area contributed by atoms with Gasteiger partial charge in [-0.3, -0.25) is 10.1 Å². The molecule has 1 aromatic rings. The molecular weight excluding hydrogens is 264 g/mol. The molecule has 1 atom stereocenters. The number of para-hydroxylation sites is 1. The molecule has 0 heterocycles. The van der Waals surface area contributed by atoms with Gasteiger partial charge in [-0.2, -0.15) is 0 Å². The molecule has 4 nitrogen and oxygen atoms in total. The largest absolute Gasteiger partial charge is 0.313 e. The summed E-state index contributed by atoms with van der Waals surface area (Å²) in [6.45, 7) is 5.47. The molecule has 1 saturated carbocycles. The van der Waals surface area contributed by atoms with E-state index in [1.807, 2.05) is 12.1 Å². The van der Waals surface area contributed by atoms with E-state index >= 15 is 0 Å². The van der Waals surface area contributed by atoms with Crippen molar-refractivity contribution in [1.29, 1.82) is 0 Å². The zero-order chi connectivity index (χ0) is 15.3. The van der Waals surface area contributed by atoms with Crippen molar-refractivity contribution >= 4 is 5.69 Å². The number of nitro benzene ring substituents is 1. The Bertz CT molecular complexity index is 481. The summed E-state index contributed by atoms with van der Waals surface area (Å²) in [6, 6.07) is 7.48. The summed E-state index contributed by atoms with van der Waals surface area (Å²) >= 11 is 0. The lowest BCUT2D eigenvalue weighted by Crippen LogP contribution is -2.44. The Morgan fingerprint density at radius 2 is 2.00 bits per heavy atom. The molecule has 1 unspecified atom stereocenters. The summed E-state index contributed by atoms with van der Waals surface area (Å²) in [4.78, 5) is 10.9. The van der Waals surface area contributed by atoms with Crippen LogP contribution in [0.5, 0.6) is 0 Å². The molecule has 0 aliphatic heterocycles. The predicted octanol–water partition coefficient (Wildman–Crippen LogP) is 4.09. The molecule has 1 aromatic carbocycles. The molecular formula is C17H26N2O2. The Kier molecular flexibility index (Phi) is 5.34. The average molecular weight is 290 g/mol. The van der Waals surface area contributed by atoms with E-state index in [0.29, 0.717) is 6.04 Å². The molecule has 0 saturated heterocycles. The van der Waals surface area contributed by atoms with Crippen molar-refractivity contribution in [2.24, 2.45) is 5.41 Å². The smallest absolute Gasteiger partial charge is 0.272 e. The van der Waals surface area contributed by atoms with Crippen LogP contribution in [-0.4, -0.2) is 17.5 Å². The summed E-state index contributed by atoms with van der Waals surface area (Å²) < 4.78 is 0. The van der Waals surface area contributed by atoms with Crippen molar-refractivity contribution < 1.29 is 4.92 Å². The van der Waals surface area contributed by atoms with E-state index in [-0.39, 0.29) is 16.0 Å². The van der Waals surface area contributed by atoms with Crippen LogP contribution >= 0.6 is 0 Å². The van der Waals surface area contributed by atoms with Gasteiger partial charge in [0.15, 0.2) is 0 Å². The number of nitrogens with one attached hydrogen (secondary N) is 1. The second-order valence-electron chi connectivity index (χ2n) is 6.46. The maximum atomic E-state index is 11.2. The summed E-state index contributed by atoms with van der Waals surface area (Å²) in [5, 5.41) is 14.8. The number of rotatable bonds is 7. The molecule has 4 heteroatoms. The maximum Gasteiger partial charge on any atom is 0.272 e. The first kappa shape index (κ1) is 16.0. The molecule has 116 valence electrons. The van der Waals surface area contributed by atoms with Crippen molar-refractivity contribution in [1.82, 2.24) is 5.32 Å². The molecule has 0 radical (unpaired) electrons. The van der Waals surface area contributed by atoms with Crippen molar-refractivity contribution in [2.45, 2.75) is 58.4 Å². The molecule has 0 spiro atoms. The first-order valence-electron chi connectivity index (χ1n) is 8.02. The second-order valence-corrected chi connectivity index (χ2v) is 6.46. The van der Waals surface area contributed by atoms with Crippen LogP contribution in [-0.2, 0) is 6.42 Å². The molecule has 2 rings (SSSR count). The van der Waals surface area contributed by atoms with E-state index in [0.717, 1.165) is 24.9 Å². The van der Waals surface area contributed by atoms with E-state index in [9.17, 15) is 10.1 Å². The fourth-order valence-electron chi connectivity index (χ4n) is 3.50. The molecule has 1 aliphatic carbocycles. The van der Waals surface area contributed by atoms with Crippen LogP contribution in [0.25, 0.3) is 0 Å². The Balaban J connectivity index is 2.20. The van der Waals surface area contributed by atoms with Crippen molar-refractivity contribution in [3.05, 3.63) is 39.9 Å². The topological polar surface area (TPSA) is 55.2 Å². The average Bonchev–Trinajstić information content (AvgIpc) is 2.91. The highest BCUT2D eigenvalue weighted by atomic mass is 16.6. The van der Waals surface area contributed by atoms with E-state index in [2.05, 4.69) is 19.2 Å². The zero-order valence-electron chi connectivity index (χ0n) is 13.1. The Hall–Kier alpha value is -1.42. The third kappa shape index (κ3) is 3.82. The monoisotopic (exact) mass is 290 g/mol. The van der Waals surface area contributed by atoms with Gasteiger partial charge in [-0.1, -0.05) is 44.9 Å². The Morgan fingerprint density at radius 3 is 2.62 bits per heavy atom. The van der Waals surface area contributed by atoms with Gasteiger partial charge in [0.25, 0.3) is 5.69 Å². The quantitative estimate of drug-likeness (QED) is 0.608. The van der Waals surface area contributed by atoms with Gasteiger partial charge in [-0.05, 0) is 37.6 Å². The minimum absolute atomic E-state index is 0.252. The summed E-state index contributed by atoms with van der Waals surface area (Å²) in [7, 11) is 0. The number of hydrogen-bond acceptors (Lipinski definition) is 3. The summed E-state index contributed by atoms with van der Waals surface area (Å²) in [5.74, 6) is 0. The van der Waals surface area contributed by atoms with Gasteiger partial charge in [0.1, 0.15) is 0 Å². The normalized spacial score (nSPS) is 18.6. The molecule has 0 aromatic heterocycles. The highest BCUT2D eigenvalue weighted by Crippen LogP contribution is 2.42. The van der Waals surface area contributed by atoms with Crippen LogP contribution < -0.4 is 5.32 Å². The number of benzene rings is 1. The van der Waals surface area contributed by atoms with Gasteiger partial charge < -0.3 is 5.32 Å². The standard InChI is InChI=1S/C17H26N2O2/c1-3-12-18-16(17(2)10-6-7-11-17)13-14-8-4-5-9-15(14)19(20)21/h4-5,8-9,16,18H,3,6-7,10-13H2,1-2H3. The SMILES string of the molecule is CCCNC(Cc1ccccc1[N+](=O)[O-])C1(C)CCCC1. The second kappa shape index (κ2) is 7.03. The van der Waals surface area contributed by atoms with E-state index < -0.39 is 0 Å². The van der Waals surface area contributed by atoms with Gasteiger partial charge >= 0.3 is 0 Å². The van der Waals surface area contributed by atoms with Crippen molar-refractivity contribution in [3.8, 4) is 0 Å². The fourth-order valence-corrected chi connectivity index (χ4v) is 3.50. The van der Waals surface area contributed by atoms with Crippen LogP contribution in [0.1, 0.15) is 51.5 Å². The lowest BCUT2D eigenvalue weighted by atomic mass is 9.77. The molecule has 0 bridgehead atoms. The number of nitro groups is 1. The van der Waals surface area contributed by atoms with E-state index in [1.54, 1.807) is 12.1 Å². The third-order valence-electron chi connectivity index (χ3n) is 4.84. The Morgan fingerprint density at radius 1 is 1.33 bits per heavy atom. The highest BCUT2D eigenvalue weighted by Gasteiger charge is 2.37. The molecule has 1 fully saturated rings. The minimum atomic E-state index is -0.261. The van der Waals surface area contributed by atoms with E-state index in [1.165, 1.54) is 25.7 Å². The third-order valence-corrected chi connectivity index (χ3v) is 4.84. The van der Waals surface area contributed by atoms with Crippen molar-refractivity contribution in [3.63, 3.8) is 0 Å². The fraction of sp³-hybridized carbons (Fsp3) is 0.647. The lowest BCUT2D eigenvalue weighted by Gasteiger charge is -2.35.